The highest BCUT2D eigenvalue weighted by molar-refractivity contribution is 7.98. The van der Waals surface area contributed by atoms with Crippen LogP contribution in [-0.2, 0) is 12.2 Å². The van der Waals surface area contributed by atoms with Crippen molar-refractivity contribution >= 4 is 23.4 Å². The first kappa shape index (κ1) is 10.2. The Morgan fingerprint density at radius 1 is 1.50 bits per heavy atom. The number of aryl methyl sites for hydroxylation is 1. The van der Waals surface area contributed by atoms with Crippen LogP contribution in [0.4, 0.5) is 0 Å². The van der Waals surface area contributed by atoms with E-state index in [2.05, 4.69) is 22.5 Å². The van der Waals surface area contributed by atoms with Gasteiger partial charge in [-0.3, -0.25) is 0 Å². The minimum absolute atomic E-state index is 0.797. The standard InChI is InChI=1S/C12H11ClN2S/c1-2-9-11-6-16-12-5-8(13)3-4-10(12)15(11)7-14-9/h3-5,7H,2,6H2,1H3. The SMILES string of the molecule is CCc1ncn2c1CSc1cc(Cl)ccc1-2. The molecule has 1 aliphatic rings. The quantitative estimate of drug-likeness (QED) is 0.768. The van der Waals surface area contributed by atoms with Crippen molar-refractivity contribution in [3.8, 4) is 5.69 Å². The summed E-state index contributed by atoms with van der Waals surface area (Å²) in [5.41, 5.74) is 3.72. The van der Waals surface area contributed by atoms with E-state index in [4.69, 9.17) is 11.6 Å². The molecule has 0 amide bonds. The summed E-state index contributed by atoms with van der Waals surface area (Å²) in [6.07, 6.45) is 2.91. The summed E-state index contributed by atoms with van der Waals surface area (Å²) in [5, 5.41) is 0.797. The highest BCUT2D eigenvalue weighted by Gasteiger charge is 2.19. The van der Waals surface area contributed by atoms with Crippen LogP contribution in [0.5, 0.6) is 0 Å². The molecule has 0 saturated heterocycles. The van der Waals surface area contributed by atoms with Crippen LogP contribution in [0.1, 0.15) is 18.3 Å². The van der Waals surface area contributed by atoms with Gasteiger partial charge in [-0.1, -0.05) is 18.5 Å². The minimum Gasteiger partial charge on any atom is -0.301 e. The van der Waals surface area contributed by atoms with Crippen molar-refractivity contribution in [2.45, 2.75) is 24.0 Å². The van der Waals surface area contributed by atoms with E-state index in [0.29, 0.717) is 0 Å². The number of imidazole rings is 1. The number of hydrogen-bond acceptors (Lipinski definition) is 2. The van der Waals surface area contributed by atoms with Crippen molar-refractivity contribution < 1.29 is 0 Å². The van der Waals surface area contributed by atoms with Crippen molar-refractivity contribution in [2.24, 2.45) is 0 Å². The normalized spacial score (nSPS) is 13.4. The lowest BCUT2D eigenvalue weighted by Gasteiger charge is -2.19. The Balaban J connectivity index is 2.20. The number of aromatic nitrogens is 2. The van der Waals surface area contributed by atoms with Crippen LogP contribution in [0, 0.1) is 0 Å². The molecular formula is C12H11ClN2S. The molecule has 16 heavy (non-hydrogen) atoms. The van der Waals surface area contributed by atoms with Gasteiger partial charge in [0.25, 0.3) is 0 Å². The van der Waals surface area contributed by atoms with Crippen molar-refractivity contribution in [3.63, 3.8) is 0 Å². The number of hydrogen-bond donors (Lipinski definition) is 0. The Labute approximate surface area is 104 Å². The molecule has 0 unspecified atom stereocenters. The molecule has 0 saturated carbocycles. The smallest absolute Gasteiger partial charge is 0.0998 e. The molecule has 2 heterocycles. The fraction of sp³-hybridized carbons (Fsp3) is 0.250. The lowest BCUT2D eigenvalue weighted by atomic mass is 10.2. The van der Waals surface area contributed by atoms with Gasteiger partial charge in [0, 0.05) is 15.7 Å². The summed E-state index contributed by atoms with van der Waals surface area (Å²) in [5.74, 6) is 0.983. The zero-order valence-electron chi connectivity index (χ0n) is 8.90. The Bertz CT molecular complexity index is 548. The van der Waals surface area contributed by atoms with Crippen LogP contribution in [0.15, 0.2) is 29.4 Å². The number of benzene rings is 1. The maximum Gasteiger partial charge on any atom is 0.0998 e. The molecule has 0 bridgehead atoms. The molecule has 0 spiro atoms. The Morgan fingerprint density at radius 2 is 2.38 bits per heavy atom. The van der Waals surface area contributed by atoms with Gasteiger partial charge < -0.3 is 4.57 Å². The first-order valence-corrected chi connectivity index (χ1v) is 6.63. The first-order chi connectivity index (χ1) is 7.79. The van der Waals surface area contributed by atoms with Gasteiger partial charge in [0.2, 0.25) is 0 Å². The third kappa shape index (κ3) is 1.46. The van der Waals surface area contributed by atoms with E-state index in [-0.39, 0.29) is 0 Å². The van der Waals surface area contributed by atoms with Crippen molar-refractivity contribution in [1.29, 1.82) is 0 Å². The number of fused-ring (bicyclic) bond motifs is 3. The van der Waals surface area contributed by atoms with Gasteiger partial charge in [0.15, 0.2) is 0 Å². The maximum absolute atomic E-state index is 6.00. The van der Waals surface area contributed by atoms with Crippen LogP contribution in [0.25, 0.3) is 5.69 Å². The van der Waals surface area contributed by atoms with Gasteiger partial charge in [-0.25, -0.2) is 4.98 Å². The number of nitrogens with zero attached hydrogens (tertiary/aromatic N) is 2. The first-order valence-electron chi connectivity index (χ1n) is 5.27. The molecule has 0 radical (unpaired) electrons. The second-order valence-electron chi connectivity index (χ2n) is 3.76. The number of thioether (sulfide) groups is 1. The summed E-state index contributed by atoms with van der Waals surface area (Å²) in [6, 6.07) is 6.02. The lowest BCUT2D eigenvalue weighted by molar-refractivity contribution is 0.935. The molecule has 0 fully saturated rings. The second-order valence-corrected chi connectivity index (χ2v) is 5.22. The zero-order valence-corrected chi connectivity index (χ0v) is 10.5. The lowest BCUT2D eigenvalue weighted by Crippen LogP contribution is -2.06. The highest BCUT2D eigenvalue weighted by atomic mass is 35.5. The Hall–Kier alpha value is -0.930. The third-order valence-electron chi connectivity index (χ3n) is 2.83. The van der Waals surface area contributed by atoms with Crippen LogP contribution in [0.3, 0.4) is 0 Å². The summed E-state index contributed by atoms with van der Waals surface area (Å²) >= 11 is 7.83. The van der Waals surface area contributed by atoms with E-state index in [1.807, 2.05) is 30.2 Å². The van der Waals surface area contributed by atoms with Crippen LogP contribution in [0.2, 0.25) is 5.02 Å². The highest BCUT2D eigenvalue weighted by Crippen LogP contribution is 2.37. The minimum atomic E-state index is 0.797. The molecule has 1 aromatic heterocycles. The van der Waals surface area contributed by atoms with E-state index in [0.717, 1.165) is 17.2 Å². The van der Waals surface area contributed by atoms with E-state index in [1.165, 1.54) is 22.0 Å². The molecular weight excluding hydrogens is 240 g/mol. The third-order valence-corrected chi connectivity index (χ3v) is 4.12. The largest absolute Gasteiger partial charge is 0.301 e. The van der Waals surface area contributed by atoms with Crippen LogP contribution >= 0.6 is 23.4 Å². The van der Waals surface area contributed by atoms with Gasteiger partial charge in [0.1, 0.15) is 0 Å². The average molecular weight is 251 g/mol. The molecule has 1 aliphatic heterocycles. The van der Waals surface area contributed by atoms with Gasteiger partial charge in [-0.05, 0) is 24.6 Å². The predicted molar refractivity (Wildman–Crippen MR) is 67.5 cm³/mol. The van der Waals surface area contributed by atoms with Crippen molar-refractivity contribution in [3.05, 3.63) is 40.9 Å². The fourth-order valence-corrected chi connectivity index (χ4v) is 3.37. The zero-order chi connectivity index (χ0) is 11.1. The monoisotopic (exact) mass is 250 g/mol. The molecule has 2 nitrogen and oxygen atoms in total. The van der Waals surface area contributed by atoms with E-state index >= 15 is 0 Å². The summed E-state index contributed by atoms with van der Waals surface area (Å²) < 4.78 is 2.18. The van der Waals surface area contributed by atoms with Gasteiger partial charge in [-0.15, -0.1) is 11.8 Å². The predicted octanol–water partition coefficient (Wildman–Crippen LogP) is 3.69. The van der Waals surface area contributed by atoms with E-state index < -0.39 is 0 Å². The average Bonchev–Trinajstić information content (AvgIpc) is 2.71. The molecule has 0 N–H and O–H groups in total. The van der Waals surface area contributed by atoms with E-state index in [1.54, 1.807) is 0 Å². The maximum atomic E-state index is 6.00. The molecule has 2 aromatic rings. The molecule has 3 rings (SSSR count). The van der Waals surface area contributed by atoms with Gasteiger partial charge >= 0.3 is 0 Å². The van der Waals surface area contributed by atoms with Crippen molar-refractivity contribution in [1.82, 2.24) is 9.55 Å². The van der Waals surface area contributed by atoms with Crippen LogP contribution < -0.4 is 0 Å². The molecule has 0 aliphatic carbocycles. The van der Waals surface area contributed by atoms with E-state index in [9.17, 15) is 0 Å². The topological polar surface area (TPSA) is 17.8 Å². The molecule has 82 valence electrons. The Kier molecular flexibility index (Phi) is 2.45. The molecule has 0 atom stereocenters. The van der Waals surface area contributed by atoms with Gasteiger partial charge in [-0.2, -0.15) is 0 Å². The second kappa shape index (κ2) is 3.82. The van der Waals surface area contributed by atoms with Crippen molar-refractivity contribution in [2.75, 3.05) is 0 Å². The molecule has 4 heteroatoms. The van der Waals surface area contributed by atoms with Gasteiger partial charge in [0.05, 0.1) is 23.4 Å². The summed E-state index contributed by atoms with van der Waals surface area (Å²) in [4.78, 5) is 5.69. The molecule has 1 aromatic carbocycles. The fourth-order valence-electron chi connectivity index (χ4n) is 2.02. The summed E-state index contributed by atoms with van der Waals surface area (Å²) in [6.45, 7) is 2.14. The Morgan fingerprint density at radius 3 is 3.19 bits per heavy atom. The number of halogens is 1. The van der Waals surface area contributed by atoms with Crippen LogP contribution in [-0.4, -0.2) is 9.55 Å². The number of rotatable bonds is 1. The summed E-state index contributed by atoms with van der Waals surface area (Å²) in [7, 11) is 0.